The number of rotatable bonds is 2. The number of nitrogens with one attached hydrogen (secondary N) is 1. The zero-order chi connectivity index (χ0) is 11.7. The van der Waals surface area contributed by atoms with Gasteiger partial charge in [0.25, 0.3) is 5.91 Å². The zero-order valence-corrected chi connectivity index (χ0v) is 9.06. The van der Waals surface area contributed by atoms with Crippen LogP contribution in [0.1, 0.15) is 28.9 Å². The Morgan fingerprint density at radius 1 is 1.56 bits per heavy atom. The van der Waals surface area contributed by atoms with E-state index in [2.05, 4.69) is 4.98 Å². The fraction of sp³-hybridized carbons (Fsp3) is 0.455. The van der Waals surface area contributed by atoms with Crippen LogP contribution in [-0.2, 0) is 4.79 Å². The molecule has 2 heterocycles. The van der Waals surface area contributed by atoms with Crippen molar-refractivity contribution in [1.29, 1.82) is 0 Å². The molecule has 0 aliphatic carbocycles. The molecule has 0 radical (unpaired) electrons. The Morgan fingerprint density at radius 2 is 2.31 bits per heavy atom. The van der Waals surface area contributed by atoms with Crippen molar-refractivity contribution in [3.63, 3.8) is 0 Å². The van der Waals surface area contributed by atoms with Gasteiger partial charge in [-0.3, -0.25) is 4.79 Å². The van der Waals surface area contributed by atoms with Crippen LogP contribution in [0.4, 0.5) is 0 Å². The summed E-state index contributed by atoms with van der Waals surface area (Å²) >= 11 is 0. The van der Waals surface area contributed by atoms with Crippen molar-refractivity contribution in [2.24, 2.45) is 0 Å². The Bertz CT molecular complexity index is 425. The first-order chi connectivity index (χ1) is 7.61. The van der Waals surface area contributed by atoms with Crippen molar-refractivity contribution >= 4 is 11.9 Å². The Morgan fingerprint density at radius 3 is 2.88 bits per heavy atom. The van der Waals surface area contributed by atoms with Crippen LogP contribution in [0.2, 0.25) is 0 Å². The highest BCUT2D eigenvalue weighted by atomic mass is 16.4. The molecule has 1 aliphatic rings. The lowest BCUT2D eigenvalue weighted by atomic mass is 10.2. The van der Waals surface area contributed by atoms with E-state index in [-0.39, 0.29) is 5.91 Å². The quantitative estimate of drug-likeness (QED) is 0.784. The molecule has 1 saturated heterocycles. The maximum absolute atomic E-state index is 12.1. The lowest BCUT2D eigenvalue weighted by molar-refractivity contribution is -0.141. The van der Waals surface area contributed by atoms with Crippen LogP contribution in [0.25, 0.3) is 0 Å². The molecular formula is C11H14N2O3. The van der Waals surface area contributed by atoms with E-state index in [1.165, 1.54) is 4.90 Å². The van der Waals surface area contributed by atoms with Gasteiger partial charge in [-0.05, 0) is 25.8 Å². The smallest absolute Gasteiger partial charge is 0.326 e. The summed E-state index contributed by atoms with van der Waals surface area (Å²) in [5.41, 5.74) is 1.34. The summed E-state index contributed by atoms with van der Waals surface area (Å²) in [4.78, 5) is 27.4. The van der Waals surface area contributed by atoms with Crippen molar-refractivity contribution in [2.45, 2.75) is 25.8 Å². The predicted octanol–water partition coefficient (Wildman–Crippen LogP) is 1.01. The Labute approximate surface area is 93.1 Å². The maximum atomic E-state index is 12.1. The summed E-state index contributed by atoms with van der Waals surface area (Å²) in [5, 5.41) is 9.00. The van der Waals surface area contributed by atoms with Crippen molar-refractivity contribution in [1.82, 2.24) is 9.88 Å². The molecule has 16 heavy (non-hydrogen) atoms. The number of carbonyl (C=O) groups excluding carboxylic acids is 1. The molecule has 0 aromatic carbocycles. The van der Waals surface area contributed by atoms with Crippen LogP contribution < -0.4 is 0 Å². The molecule has 5 heteroatoms. The Balaban J connectivity index is 2.22. The number of H-pyrrole nitrogens is 1. The molecule has 5 nitrogen and oxygen atoms in total. The second kappa shape index (κ2) is 4.00. The third-order valence-corrected chi connectivity index (χ3v) is 2.98. The highest BCUT2D eigenvalue weighted by Gasteiger charge is 2.34. The number of hydrogen-bond donors (Lipinski definition) is 2. The topological polar surface area (TPSA) is 73.4 Å². The van der Waals surface area contributed by atoms with Crippen molar-refractivity contribution in [3.8, 4) is 0 Å². The molecule has 2 N–H and O–H groups in total. The van der Waals surface area contributed by atoms with Gasteiger partial charge in [-0.2, -0.15) is 0 Å². The molecule has 1 fully saturated rings. The number of amides is 1. The van der Waals surface area contributed by atoms with E-state index < -0.39 is 12.0 Å². The zero-order valence-electron chi connectivity index (χ0n) is 9.06. The molecular weight excluding hydrogens is 208 g/mol. The summed E-state index contributed by atoms with van der Waals surface area (Å²) in [6, 6.07) is 1.02. The van der Waals surface area contributed by atoms with Crippen LogP contribution in [0.15, 0.2) is 12.3 Å². The fourth-order valence-corrected chi connectivity index (χ4v) is 2.11. The van der Waals surface area contributed by atoms with E-state index in [0.29, 0.717) is 18.5 Å². The number of aryl methyl sites for hydroxylation is 1. The van der Waals surface area contributed by atoms with E-state index in [1.54, 1.807) is 19.2 Å². The standard InChI is InChI=1S/C11H14N2O3/c1-7-8(4-5-12-7)10(14)13-6-2-3-9(13)11(15)16/h4-5,9,12H,2-3,6H2,1H3,(H,15,16). The summed E-state index contributed by atoms with van der Waals surface area (Å²) in [6.07, 6.45) is 2.99. The number of nitrogens with zero attached hydrogens (tertiary/aromatic N) is 1. The van der Waals surface area contributed by atoms with Crippen molar-refractivity contribution < 1.29 is 14.7 Å². The van der Waals surface area contributed by atoms with E-state index in [0.717, 1.165) is 12.1 Å². The molecule has 86 valence electrons. The summed E-state index contributed by atoms with van der Waals surface area (Å²) < 4.78 is 0. The number of aromatic nitrogens is 1. The number of carboxylic acid groups (broad SMARTS) is 1. The lowest BCUT2D eigenvalue weighted by Gasteiger charge is -2.21. The molecule has 0 spiro atoms. The average molecular weight is 222 g/mol. The minimum Gasteiger partial charge on any atom is -0.480 e. The first-order valence-corrected chi connectivity index (χ1v) is 5.29. The molecule has 0 bridgehead atoms. The van der Waals surface area contributed by atoms with Crippen LogP contribution in [0.3, 0.4) is 0 Å². The number of carbonyl (C=O) groups is 2. The highest BCUT2D eigenvalue weighted by molar-refractivity contribution is 5.97. The Hall–Kier alpha value is -1.78. The molecule has 1 aromatic heterocycles. The summed E-state index contributed by atoms with van der Waals surface area (Å²) in [5.74, 6) is -1.11. The van der Waals surface area contributed by atoms with Gasteiger partial charge in [-0.25, -0.2) is 4.79 Å². The van der Waals surface area contributed by atoms with Crippen LogP contribution in [0, 0.1) is 6.92 Å². The van der Waals surface area contributed by atoms with Gasteiger partial charge in [0.15, 0.2) is 0 Å². The van der Waals surface area contributed by atoms with Gasteiger partial charge in [0, 0.05) is 18.4 Å². The second-order valence-electron chi connectivity index (χ2n) is 4.01. The second-order valence-corrected chi connectivity index (χ2v) is 4.01. The van der Waals surface area contributed by atoms with Gasteiger partial charge in [0.05, 0.1) is 5.56 Å². The molecule has 1 aliphatic heterocycles. The molecule has 2 rings (SSSR count). The van der Waals surface area contributed by atoms with Gasteiger partial charge in [-0.1, -0.05) is 0 Å². The van der Waals surface area contributed by atoms with Crippen molar-refractivity contribution in [2.75, 3.05) is 6.54 Å². The first kappa shape index (κ1) is 10.7. The molecule has 1 amide bonds. The summed E-state index contributed by atoms with van der Waals surface area (Å²) in [7, 11) is 0. The first-order valence-electron chi connectivity index (χ1n) is 5.29. The molecule has 1 atom stereocenters. The van der Waals surface area contributed by atoms with E-state index in [1.807, 2.05) is 0 Å². The number of carboxylic acids is 1. The maximum Gasteiger partial charge on any atom is 0.326 e. The SMILES string of the molecule is Cc1[nH]ccc1C(=O)N1CCCC1C(=O)O. The number of aromatic amines is 1. The number of hydrogen-bond acceptors (Lipinski definition) is 2. The molecule has 0 saturated carbocycles. The third kappa shape index (κ3) is 1.68. The largest absolute Gasteiger partial charge is 0.480 e. The predicted molar refractivity (Wildman–Crippen MR) is 57.2 cm³/mol. The van der Waals surface area contributed by atoms with Crippen LogP contribution in [-0.4, -0.2) is 39.5 Å². The molecule has 1 unspecified atom stereocenters. The third-order valence-electron chi connectivity index (χ3n) is 2.98. The van der Waals surface area contributed by atoms with Gasteiger partial charge in [0.1, 0.15) is 6.04 Å². The Kier molecular flexibility index (Phi) is 2.68. The number of likely N-dealkylation sites (tertiary alicyclic amines) is 1. The summed E-state index contributed by atoms with van der Waals surface area (Å²) in [6.45, 7) is 2.33. The average Bonchev–Trinajstić information content (AvgIpc) is 2.84. The van der Waals surface area contributed by atoms with E-state index in [4.69, 9.17) is 5.11 Å². The van der Waals surface area contributed by atoms with E-state index in [9.17, 15) is 9.59 Å². The minimum absolute atomic E-state index is 0.191. The van der Waals surface area contributed by atoms with Crippen molar-refractivity contribution in [3.05, 3.63) is 23.5 Å². The van der Waals surface area contributed by atoms with Crippen LogP contribution in [0.5, 0.6) is 0 Å². The van der Waals surface area contributed by atoms with E-state index >= 15 is 0 Å². The van der Waals surface area contributed by atoms with Gasteiger partial charge >= 0.3 is 5.97 Å². The van der Waals surface area contributed by atoms with Crippen LogP contribution >= 0.6 is 0 Å². The highest BCUT2D eigenvalue weighted by Crippen LogP contribution is 2.21. The number of aliphatic carboxylic acids is 1. The molecule has 1 aromatic rings. The van der Waals surface area contributed by atoms with Gasteiger partial charge in [-0.15, -0.1) is 0 Å². The van der Waals surface area contributed by atoms with Gasteiger partial charge in [0.2, 0.25) is 0 Å². The monoisotopic (exact) mass is 222 g/mol. The minimum atomic E-state index is -0.918. The normalized spacial score (nSPS) is 20.1. The fourth-order valence-electron chi connectivity index (χ4n) is 2.11. The van der Waals surface area contributed by atoms with Gasteiger partial charge < -0.3 is 15.0 Å². The lowest BCUT2D eigenvalue weighted by Crippen LogP contribution is -2.40.